The zero-order chi connectivity index (χ0) is 24.1. The standard InChI is InChI=1S/C25H28N4O5/c1-33-19-14-18(15-20(16-19)34-2)24(31)28-12-10-27(11-13-28)23(30)8-5-9-29-17-26-22-7-4-3-6-21(22)25(29)32/h3-4,6-7,14-17H,5,8-13H2,1-2H3. The Bertz CT molecular complexity index is 1230. The number of rotatable bonds is 7. The van der Waals surface area contributed by atoms with Gasteiger partial charge in [0.25, 0.3) is 11.5 Å². The Morgan fingerprint density at radius 2 is 1.59 bits per heavy atom. The Kier molecular flexibility index (Phi) is 7.10. The summed E-state index contributed by atoms with van der Waals surface area (Å²) in [6, 6.07) is 12.3. The summed E-state index contributed by atoms with van der Waals surface area (Å²) in [5.74, 6) is 1.01. The van der Waals surface area contributed by atoms with Crippen molar-refractivity contribution in [2.75, 3.05) is 40.4 Å². The zero-order valence-electron chi connectivity index (χ0n) is 19.4. The highest BCUT2D eigenvalue weighted by Gasteiger charge is 2.25. The Labute approximate surface area is 197 Å². The Morgan fingerprint density at radius 3 is 2.26 bits per heavy atom. The summed E-state index contributed by atoms with van der Waals surface area (Å²) in [6.07, 6.45) is 2.41. The maximum Gasteiger partial charge on any atom is 0.261 e. The van der Waals surface area contributed by atoms with Gasteiger partial charge in [0, 0.05) is 50.8 Å². The number of aryl methyl sites for hydroxylation is 1. The van der Waals surface area contributed by atoms with E-state index < -0.39 is 0 Å². The molecular weight excluding hydrogens is 436 g/mol. The summed E-state index contributed by atoms with van der Waals surface area (Å²) in [5, 5.41) is 0.575. The van der Waals surface area contributed by atoms with Crippen LogP contribution in [0, 0.1) is 0 Å². The van der Waals surface area contributed by atoms with E-state index in [0.717, 1.165) is 0 Å². The fourth-order valence-corrected chi connectivity index (χ4v) is 4.10. The van der Waals surface area contributed by atoms with Gasteiger partial charge in [-0.15, -0.1) is 0 Å². The minimum Gasteiger partial charge on any atom is -0.497 e. The van der Waals surface area contributed by atoms with Gasteiger partial charge in [0.15, 0.2) is 0 Å². The number of benzene rings is 2. The van der Waals surface area contributed by atoms with Crippen LogP contribution in [0.4, 0.5) is 0 Å². The summed E-state index contributed by atoms with van der Waals surface area (Å²) < 4.78 is 12.1. The number of hydrogen-bond acceptors (Lipinski definition) is 6. The van der Waals surface area contributed by atoms with Gasteiger partial charge in [-0.3, -0.25) is 19.0 Å². The number of hydrogen-bond donors (Lipinski definition) is 0. The topological polar surface area (TPSA) is 94.0 Å². The number of ether oxygens (including phenoxy) is 2. The van der Waals surface area contributed by atoms with Gasteiger partial charge in [-0.25, -0.2) is 4.98 Å². The lowest BCUT2D eigenvalue weighted by Gasteiger charge is -2.35. The summed E-state index contributed by atoms with van der Waals surface area (Å²) in [7, 11) is 3.08. The molecule has 4 rings (SSSR count). The monoisotopic (exact) mass is 464 g/mol. The highest BCUT2D eigenvalue weighted by molar-refractivity contribution is 5.95. The molecule has 0 aliphatic carbocycles. The number of fused-ring (bicyclic) bond motifs is 1. The van der Waals surface area contributed by atoms with Gasteiger partial charge < -0.3 is 19.3 Å². The van der Waals surface area contributed by atoms with Crippen molar-refractivity contribution in [1.82, 2.24) is 19.4 Å². The van der Waals surface area contributed by atoms with Crippen molar-refractivity contribution in [3.63, 3.8) is 0 Å². The van der Waals surface area contributed by atoms with Crippen LogP contribution in [0.5, 0.6) is 11.5 Å². The zero-order valence-corrected chi connectivity index (χ0v) is 19.4. The van der Waals surface area contributed by atoms with E-state index in [1.165, 1.54) is 6.33 Å². The average molecular weight is 465 g/mol. The van der Waals surface area contributed by atoms with Crippen molar-refractivity contribution >= 4 is 22.7 Å². The molecule has 2 aromatic carbocycles. The molecule has 1 aliphatic heterocycles. The van der Waals surface area contributed by atoms with Crippen LogP contribution in [0.15, 0.2) is 53.6 Å². The molecule has 0 N–H and O–H groups in total. The van der Waals surface area contributed by atoms with Gasteiger partial charge in [-0.2, -0.15) is 0 Å². The van der Waals surface area contributed by atoms with Gasteiger partial charge in [0.05, 0.1) is 31.4 Å². The second-order valence-electron chi connectivity index (χ2n) is 8.14. The molecule has 3 aromatic rings. The number of para-hydroxylation sites is 1. The largest absolute Gasteiger partial charge is 0.497 e. The predicted octanol–water partition coefficient (Wildman–Crippen LogP) is 2.18. The Hall–Kier alpha value is -3.88. The first kappa shape index (κ1) is 23.3. The molecule has 0 unspecified atom stereocenters. The number of nitrogens with zero attached hydrogens (tertiary/aromatic N) is 4. The smallest absolute Gasteiger partial charge is 0.261 e. The lowest BCUT2D eigenvalue weighted by atomic mass is 10.1. The van der Waals surface area contributed by atoms with E-state index in [0.29, 0.717) is 73.5 Å². The Morgan fingerprint density at radius 1 is 0.941 bits per heavy atom. The maximum atomic E-state index is 12.9. The normalized spacial score (nSPS) is 13.7. The molecule has 0 radical (unpaired) electrons. The molecule has 2 heterocycles. The highest BCUT2D eigenvalue weighted by atomic mass is 16.5. The van der Waals surface area contributed by atoms with E-state index in [1.54, 1.807) is 58.9 Å². The lowest BCUT2D eigenvalue weighted by Crippen LogP contribution is -2.50. The minimum atomic E-state index is -0.118. The van der Waals surface area contributed by atoms with Gasteiger partial charge >= 0.3 is 0 Å². The number of methoxy groups -OCH3 is 2. The van der Waals surface area contributed by atoms with Crippen LogP contribution in [0.2, 0.25) is 0 Å². The third kappa shape index (κ3) is 5.03. The van der Waals surface area contributed by atoms with Crippen LogP contribution in [0.25, 0.3) is 10.9 Å². The van der Waals surface area contributed by atoms with Crippen molar-refractivity contribution in [2.45, 2.75) is 19.4 Å². The lowest BCUT2D eigenvalue weighted by molar-refractivity contribution is -0.132. The summed E-state index contributed by atoms with van der Waals surface area (Å²) in [6.45, 7) is 2.29. The SMILES string of the molecule is COc1cc(OC)cc(C(=O)N2CCN(C(=O)CCCn3cnc4ccccc4c3=O)CC2)c1. The average Bonchev–Trinajstić information content (AvgIpc) is 2.89. The van der Waals surface area contributed by atoms with Gasteiger partial charge in [0.1, 0.15) is 11.5 Å². The van der Waals surface area contributed by atoms with E-state index >= 15 is 0 Å². The van der Waals surface area contributed by atoms with Gasteiger partial charge in [-0.1, -0.05) is 12.1 Å². The number of aromatic nitrogens is 2. The van der Waals surface area contributed by atoms with E-state index in [9.17, 15) is 14.4 Å². The second-order valence-corrected chi connectivity index (χ2v) is 8.14. The van der Waals surface area contributed by atoms with Crippen molar-refractivity contribution in [3.8, 4) is 11.5 Å². The molecule has 1 aliphatic rings. The number of amides is 2. The molecule has 1 fully saturated rings. The molecule has 0 atom stereocenters. The predicted molar refractivity (Wildman–Crippen MR) is 127 cm³/mol. The Balaban J connectivity index is 1.29. The molecule has 0 spiro atoms. The molecule has 0 saturated carbocycles. The first-order chi connectivity index (χ1) is 16.5. The molecular formula is C25H28N4O5. The molecule has 0 bridgehead atoms. The molecule has 2 amide bonds. The highest BCUT2D eigenvalue weighted by Crippen LogP contribution is 2.24. The third-order valence-electron chi connectivity index (χ3n) is 6.04. The fraction of sp³-hybridized carbons (Fsp3) is 0.360. The van der Waals surface area contributed by atoms with Crippen molar-refractivity contribution in [3.05, 3.63) is 64.7 Å². The van der Waals surface area contributed by atoms with Crippen molar-refractivity contribution in [1.29, 1.82) is 0 Å². The molecule has 34 heavy (non-hydrogen) atoms. The molecule has 1 aromatic heterocycles. The van der Waals surface area contributed by atoms with Gasteiger partial charge in [-0.05, 0) is 30.7 Å². The number of carbonyl (C=O) groups excluding carboxylic acids is 2. The summed E-state index contributed by atoms with van der Waals surface area (Å²) in [4.78, 5) is 46.0. The quantitative estimate of drug-likeness (QED) is 0.532. The van der Waals surface area contributed by atoms with Crippen LogP contribution >= 0.6 is 0 Å². The maximum absolute atomic E-state index is 12.9. The van der Waals surface area contributed by atoms with Crippen molar-refractivity contribution < 1.29 is 19.1 Å². The molecule has 178 valence electrons. The van der Waals surface area contributed by atoms with Gasteiger partial charge in [0.2, 0.25) is 5.91 Å². The van der Waals surface area contributed by atoms with Crippen LogP contribution in [0.1, 0.15) is 23.2 Å². The van der Waals surface area contributed by atoms with Crippen molar-refractivity contribution in [2.24, 2.45) is 0 Å². The fourth-order valence-electron chi connectivity index (χ4n) is 4.10. The third-order valence-corrected chi connectivity index (χ3v) is 6.04. The summed E-state index contributed by atoms with van der Waals surface area (Å²) in [5.41, 5.74) is 1.06. The second kappa shape index (κ2) is 10.4. The van der Waals surface area contributed by atoms with Crippen LogP contribution in [0.3, 0.4) is 0 Å². The molecule has 1 saturated heterocycles. The van der Waals surface area contributed by atoms with Crippen LogP contribution < -0.4 is 15.0 Å². The molecule has 9 heteroatoms. The first-order valence-corrected chi connectivity index (χ1v) is 11.2. The number of carbonyl (C=O) groups is 2. The first-order valence-electron chi connectivity index (χ1n) is 11.2. The van der Waals surface area contributed by atoms with Crippen LogP contribution in [-0.2, 0) is 11.3 Å². The van der Waals surface area contributed by atoms with E-state index in [1.807, 2.05) is 12.1 Å². The summed E-state index contributed by atoms with van der Waals surface area (Å²) >= 11 is 0. The van der Waals surface area contributed by atoms with E-state index in [2.05, 4.69) is 4.98 Å². The van der Waals surface area contributed by atoms with E-state index in [-0.39, 0.29) is 17.4 Å². The van der Waals surface area contributed by atoms with E-state index in [4.69, 9.17) is 9.47 Å². The number of piperazine rings is 1. The van der Waals surface area contributed by atoms with Crippen LogP contribution in [-0.4, -0.2) is 71.6 Å². The molecule has 9 nitrogen and oxygen atoms in total. The minimum absolute atomic E-state index is 0.0249.